The van der Waals surface area contributed by atoms with Gasteiger partial charge in [0.05, 0.1) is 31.1 Å². The molecule has 1 saturated heterocycles. The minimum absolute atomic E-state index is 0.117. The molecule has 11 heteroatoms. The van der Waals surface area contributed by atoms with E-state index in [0.29, 0.717) is 49.4 Å². The van der Waals surface area contributed by atoms with Crippen molar-refractivity contribution in [3.8, 4) is 17.1 Å². The SMILES string of the molecule is CC(C)(C)OC(=O)N1CCC(COc2cnc(-c3cccc(Cn4c(=O)ccc5c4nn4ccc(Br)cc54)c3)nc2)CC1. The van der Waals surface area contributed by atoms with Gasteiger partial charge in [0, 0.05) is 40.8 Å². The van der Waals surface area contributed by atoms with E-state index in [4.69, 9.17) is 9.47 Å². The summed E-state index contributed by atoms with van der Waals surface area (Å²) in [7, 11) is 0. The van der Waals surface area contributed by atoms with E-state index in [2.05, 4.69) is 31.0 Å². The van der Waals surface area contributed by atoms with Crippen molar-refractivity contribution in [2.24, 2.45) is 5.92 Å². The maximum Gasteiger partial charge on any atom is 0.410 e. The number of amides is 1. The van der Waals surface area contributed by atoms with Gasteiger partial charge in [-0.2, -0.15) is 0 Å². The molecule has 0 unspecified atom stereocenters. The number of fused-ring (bicyclic) bond motifs is 3. The Morgan fingerprint density at radius 3 is 2.56 bits per heavy atom. The van der Waals surface area contributed by atoms with Crippen molar-refractivity contribution < 1.29 is 14.3 Å². The molecule has 5 heterocycles. The van der Waals surface area contributed by atoms with E-state index in [1.54, 1.807) is 32.4 Å². The third kappa shape index (κ3) is 6.56. The van der Waals surface area contributed by atoms with Crippen LogP contribution < -0.4 is 10.3 Å². The van der Waals surface area contributed by atoms with Gasteiger partial charge in [-0.1, -0.05) is 34.1 Å². The Labute approximate surface area is 257 Å². The zero-order chi connectivity index (χ0) is 30.1. The molecule has 222 valence electrons. The van der Waals surface area contributed by atoms with Gasteiger partial charge in [0.15, 0.2) is 17.2 Å². The highest BCUT2D eigenvalue weighted by Crippen LogP contribution is 2.24. The third-order valence-electron chi connectivity index (χ3n) is 7.44. The standard InChI is InChI=1S/C32H33BrN6O4/c1-32(2,3)43-31(41)37-12-9-21(10-13-37)20-42-25-17-34-29(35-18-25)23-6-4-5-22(15-23)19-38-28(40)8-7-26-27-16-24(33)11-14-39(27)36-30(26)38/h4-8,11,14-18,21H,9-10,12-13,19-20H2,1-3H3. The molecule has 1 aromatic carbocycles. The first-order valence-corrected chi connectivity index (χ1v) is 15.1. The van der Waals surface area contributed by atoms with E-state index < -0.39 is 5.60 Å². The number of ether oxygens (including phenoxy) is 2. The van der Waals surface area contributed by atoms with Gasteiger partial charge in [-0.05, 0) is 69.4 Å². The number of pyridine rings is 2. The van der Waals surface area contributed by atoms with Crippen molar-refractivity contribution in [1.29, 1.82) is 0 Å². The summed E-state index contributed by atoms with van der Waals surface area (Å²) >= 11 is 3.52. The van der Waals surface area contributed by atoms with Crippen molar-refractivity contribution in [1.82, 2.24) is 29.0 Å². The van der Waals surface area contributed by atoms with Gasteiger partial charge in [0.1, 0.15) is 5.60 Å². The van der Waals surface area contributed by atoms with Crippen LogP contribution in [-0.2, 0) is 11.3 Å². The number of benzene rings is 1. The van der Waals surface area contributed by atoms with Crippen LogP contribution in [0, 0.1) is 5.92 Å². The number of piperidine rings is 1. The van der Waals surface area contributed by atoms with Gasteiger partial charge in [0.2, 0.25) is 0 Å². The molecular formula is C32H33BrN6O4. The molecule has 4 aromatic heterocycles. The van der Waals surface area contributed by atoms with E-state index in [1.165, 1.54) is 0 Å². The first kappa shape index (κ1) is 28.9. The second-order valence-corrected chi connectivity index (χ2v) is 12.7. The Bertz CT molecular complexity index is 1840. The molecule has 43 heavy (non-hydrogen) atoms. The fraction of sp³-hybridized carbons (Fsp3) is 0.344. The van der Waals surface area contributed by atoms with Gasteiger partial charge in [0.25, 0.3) is 5.56 Å². The topological polar surface area (TPSA) is 104 Å². The average Bonchev–Trinajstić information content (AvgIpc) is 3.35. The van der Waals surface area contributed by atoms with Crippen molar-refractivity contribution in [3.63, 3.8) is 0 Å². The summed E-state index contributed by atoms with van der Waals surface area (Å²) in [5, 5.41) is 5.58. The van der Waals surface area contributed by atoms with E-state index >= 15 is 0 Å². The molecule has 0 atom stereocenters. The molecule has 1 fully saturated rings. The molecule has 0 aliphatic carbocycles. The highest BCUT2D eigenvalue weighted by molar-refractivity contribution is 9.10. The summed E-state index contributed by atoms with van der Waals surface area (Å²) in [4.78, 5) is 36.0. The molecule has 1 aliphatic heterocycles. The van der Waals surface area contributed by atoms with Crippen LogP contribution in [0.4, 0.5) is 4.79 Å². The first-order valence-electron chi connectivity index (χ1n) is 14.3. The maximum atomic E-state index is 12.9. The van der Waals surface area contributed by atoms with Crippen LogP contribution in [0.5, 0.6) is 5.75 Å². The van der Waals surface area contributed by atoms with Crippen LogP contribution in [0.3, 0.4) is 0 Å². The second-order valence-electron chi connectivity index (χ2n) is 11.8. The lowest BCUT2D eigenvalue weighted by molar-refractivity contribution is 0.0165. The van der Waals surface area contributed by atoms with Crippen molar-refractivity contribution in [2.75, 3.05) is 19.7 Å². The van der Waals surface area contributed by atoms with Gasteiger partial charge >= 0.3 is 6.09 Å². The van der Waals surface area contributed by atoms with E-state index in [0.717, 1.165) is 39.3 Å². The van der Waals surface area contributed by atoms with Crippen molar-refractivity contribution in [3.05, 3.63) is 87.5 Å². The summed E-state index contributed by atoms with van der Waals surface area (Å²) in [6.07, 6.45) is 6.69. The number of hydrogen-bond donors (Lipinski definition) is 0. The summed E-state index contributed by atoms with van der Waals surface area (Å²) in [6, 6.07) is 15.2. The fourth-order valence-corrected chi connectivity index (χ4v) is 5.58. The summed E-state index contributed by atoms with van der Waals surface area (Å²) in [5.74, 6) is 1.52. The molecule has 0 radical (unpaired) electrons. The third-order valence-corrected chi connectivity index (χ3v) is 7.93. The normalized spacial score (nSPS) is 14.4. The average molecular weight is 646 g/mol. The molecule has 0 bridgehead atoms. The molecule has 10 nitrogen and oxygen atoms in total. The molecule has 0 N–H and O–H groups in total. The minimum Gasteiger partial charge on any atom is -0.490 e. The predicted octanol–water partition coefficient (Wildman–Crippen LogP) is 5.94. The molecule has 0 saturated carbocycles. The molecule has 1 amide bonds. The zero-order valence-electron chi connectivity index (χ0n) is 24.4. The van der Waals surface area contributed by atoms with Crippen LogP contribution in [0.1, 0.15) is 39.2 Å². The summed E-state index contributed by atoms with van der Waals surface area (Å²) in [6.45, 7) is 7.85. The van der Waals surface area contributed by atoms with Crippen LogP contribution in [0.15, 0.2) is 76.4 Å². The highest BCUT2D eigenvalue weighted by atomic mass is 79.9. The number of halogens is 1. The Morgan fingerprint density at radius 2 is 1.81 bits per heavy atom. The summed E-state index contributed by atoms with van der Waals surface area (Å²) < 4.78 is 15.9. The minimum atomic E-state index is -0.494. The first-order chi connectivity index (χ1) is 20.6. The summed E-state index contributed by atoms with van der Waals surface area (Å²) in [5.41, 5.74) is 2.73. The van der Waals surface area contributed by atoms with Crippen LogP contribution in [0.25, 0.3) is 27.9 Å². The second kappa shape index (κ2) is 11.8. The van der Waals surface area contributed by atoms with E-state index in [9.17, 15) is 9.59 Å². The van der Waals surface area contributed by atoms with Crippen LogP contribution >= 0.6 is 15.9 Å². The number of likely N-dealkylation sites (tertiary alicyclic amines) is 1. The monoisotopic (exact) mass is 644 g/mol. The number of hydrogen-bond acceptors (Lipinski definition) is 7. The largest absolute Gasteiger partial charge is 0.490 e. The van der Waals surface area contributed by atoms with Crippen LogP contribution in [0.2, 0.25) is 0 Å². The van der Waals surface area contributed by atoms with Crippen molar-refractivity contribution in [2.45, 2.75) is 45.8 Å². The van der Waals surface area contributed by atoms with Gasteiger partial charge in [-0.3, -0.25) is 9.36 Å². The quantitative estimate of drug-likeness (QED) is 0.225. The Balaban J connectivity index is 1.10. The van der Waals surface area contributed by atoms with Gasteiger partial charge in [-0.15, -0.1) is 5.10 Å². The lowest BCUT2D eigenvalue weighted by Crippen LogP contribution is -2.42. The molecular weight excluding hydrogens is 612 g/mol. The van der Waals surface area contributed by atoms with E-state index in [1.807, 2.05) is 69.4 Å². The number of carbonyl (C=O) groups excluding carboxylic acids is 1. The number of aromatic nitrogens is 5. The number of carbonyl (C=O) groups is 1. The molecule has 0 spiro atoms. The van der Waals surface area contributed by atoms with Gasteiger partial charge < -0.3 is 14.4 Å². The molecule has 1 aliphatic rings. The lowest BCUT2D eigenvalue weighted by Gasteiger charge is -2.33. The van der Waals surface area contributed by atoms with Crippen LogP contribution in [-0.4, -0.2) is 60.4 Å². The smallest absolute Gasteiger partial charge is 0.410 e. The highest BCUT2D eigenvalue weighted by Gasteiger charge is 2.27. The molecule has 5 aromatic rings. The molecule has 6 rings (SSSR count). The van der Waals surface area contributed by atoms with Gasteiger partial charge in [-0.25, -0.2) is 19.3 Å². The Hall–Kier alpha value is -4.25. The zero-order valence-corrected chi connectivity index (χ0v) is 26.0. The Morgan fingerprint density at radius 1 is 1.05 bits per heavy atom. The van der Waals surface area contributed by atoms with E-state index in [-0.39, 0.29) is 11.7 Å². The van der Waals surface area contributed by atoms with Crippen molar-refractivity contribution >= 4 is 38.6 Å². The predicted molar refractivity (Wildman–Crippen MR) is 167 cm³/mol. The number of nitrogens with zero attached hydrogens (tertiary/aromatic N) is 6. The fourth-order valence-electron chi connectivity index (χ4n) is 5.24. The lowest BCUT2D eigenvalue weighted by atomic mass is 9.98. The maximum absolute atomic E-state index is 12.9. The number of rotatable bonds is 6. The Kier molecular flexibility index (Phi) is 7.91.